The van der Waals surface area contributed by atoms with Crippen molar-refractivity contribution >= 4 is 11.6 Å². The lowest BCUT2D eigenvalue weighted by molar-refractivity contribution is 0.0747. The number of aryl methyl sites for hydroxylation is 1. The summed E-state index contributed by atoms with van der Waals surface area (Å²) in [5, 5.41) is 0. The first kappa shape index (κ1) is 18.1. The van der Waals surface area contributed by atoms with Crippen molar-refractivity contribution < 1.29 is 4.79 Å². The Morgan fingerprint density at radius 2 is 1.44 bits per heavy atom. The Kier molecular flexibility index (Phi) is 5.44. The van der Waals surface area contributed by atoms with Gasteiger partial charge < -0.3 is 9.80 Å². The Morgan fingerprint density at radius 3 is 2.07 bits per heavy atom. The molecule has 0 aromatic heterocycles. The van der Waals surface area contributed by atoms with E-state index in [9.17, 15) is 4.79 Å². The number of likely N-dealkylation sites (tertiary alicyclic amines) is 1. The number of hydrogen-bond acceptors (Lipinski definition) is 3. The van der Waals surface area contributed by atoms with Crippen LogP contribution in [0.2, 0.25) is 0 Å². The highest BCUT2D eigenvalue weighted by atomic mass is 16.2. The van der Waals surface area contributed by atoms with Crippen LogP contribution in [0.15, 0.2) is 48.5 Å². The number of benzene rings is 2. The third-order valence-corrected chi connectivity index (χ3v) is 5.77. The van der Waals surface area contributed by atoms with Crippen molar-refractivity contribution in [3.8, 4) is 0 Å². The molecule has 2 aromatic carbocycles. The Hall–Kier alpha value is -2.33. The highest BCUT2D eigenvalue weighted by molar-refractivity contribution is 5.94. The van der Waals surface area contributed by atoms with Crippen LogP contribution in [-0.4, -0.2) is 55.0 Å². The number of anilines is 1. The summed E-state index contributed by atoms with van der Waals surface area (Å²) in [6.45, 7) is 8.85. The Morgan fingerprint density at radius 1 is 0.815 bits per heavy atom. The second-order valence-electron chi connectivity index (χ2n) is 7.79. The molecular formula is C23H29N3O. The second kappa shape index (κ2) is 8.13. The molecule has 0 radical (unpaired) electrons. The molecule has 0 bridgehead atoms. The minimum atomic E-state index is 0.159. The maximum absolute atomic E-state index is 12.8. The summed E-state index contributed by atoms with van der Waals surface area (Å²) < 4.78 is 0. The molecule has 2 aliphatic heterocycles. The minimum Gasteiger partial charge on any atom is -0.368 e. The molecule has 2 heterocycles. The Labute approximate surface area is 162 Å². The molecule has 1 amide bonds. The van der Waals surface area contributed by atoms with Crippen molar-refractivity contribution in [3.05, 3.63) is 65.2 Å². The normalized spacial score (nSPS) is 18.1. The molecule has 142 valence electrons. The number of amides is 1. The summed E-state index contributed by atoms with van der Waals surface area (Å²) in [6.07, 6.45) is 2.62. The topological polar surface area (TPSA) is 26.8 Å². The standard InChI is InChI=1S/C23H29N3O/c1-19-4-10-22(11-5-19)25-14-16-26(17-15-25)23(27)21-8-6-20(7-9-21)18-24-12-2-3-13-24/h4-11H,2-3,12-18H2,1H3. The van der Waals surface area contributed by atoms with Gasteiger partial charge in [0.15, 0.2) is 0 Å². The third kappa shape index (κ3) is 4.33. The lowest BCUT2D eigenvalue weighted by Gasteiger charge is -2.36. The van der Waals surface area contributed by atoms with Gasteiger partial charge in [0.1, 0.15) is 0 Å². The van der Waals surface area contributed by atoms with E-state index in [0.717, 1.165) is 38.3 Å². The minimum absolute atomic E-state index is 0.159. The lowest BCUT2D eigenvalue weighted by Crippen LogP contribution is -2.48. The van der Waals surface area contributed by atoms with Gasteiger partial charge in [0.05, 0.1) is 0 Å². The van der Waals surface area contributed by atoms with E-state index in [1.165, 1.54) is 42.7 Å². The summed E-state index contributed by atoms with van der Waals surface area (Å²) >= 11 is 0. The summed E-state index contributed by atoms with van der Waals surface area (Å²) in [5.74, 6) is 0.159. The van der Waals surface area contributed by atoms with Crippen LogP contribution in [0.25, 0.3) is 0 Å². The van der Waals surface area contributed by atoms with Crippen LogP contribution in [0.5, 0.6) is 0 Å². The summed E-state index contributed by atoms with van der Waals surface area (Å²) in [7, 11) is 0. The van der Waals surface area contributed by atoms with E-state index >= 15 is 0 Å². The molecule has 4 heteroatoms. The van der Waals surface area contributed by atoms with Crippen molar-refractivity contribution in [2.24, 2.45) is 0 Å². The molecule has 0 aliphatic carbocycles. The monoisotopic (exact) mass is 363 g/mol. The highest BCUT2D eigenvalue weighted by Gasteiger charge is 2.22. The largest absolute Gasteiger partial charge is 0.368 e. The van der Waals surface area contributed by atoms with E-state index in [2.05, 4.69) is 53.1 Å². The van der Waals surface area contributed by atoms with Gasteiger partial charge in [0.2, 0.25) is 0 Å². The van der Waals surface area contributed by atoms with Crippen molar-refractivity contribution in [2.75, 3.05) is 44.2 Å². The number of carbonyl (C=O) groups excluding carboxylic acids is 1. The van der Waals surface area contributed by atoms with Gasteiger partial charge in [0.25, 0.3) is 5.91 Å². The number of rotatable bonds is 4. The zero-order valence-corrected chi connectivity index (χ0v) is 16.2. The van der Waals surface area contributed by atoms with Crippen LogP contribution in [0.1, 0.15) is 34.3 Å². The van der Waals surface area contributed by atoms with E-state index in [1.54, 1.807) is 0 Å². The van der Waals surface area contributed by atoms with E-state index < -0.39 is 0 Å². The molecular weight excluding hydrogens is 334 g/mol. The molecule has 2 aliphatic rings. The SMILES string of the molecule is Cc1ccc(N2CCN(C(=O)c3ccc(CN4CCCC4)cc3)CC2)cc1. The molecule has 27 heavy (non-hydrogen) atoms. The first-order valence-electron chi connectivity index (χ1n) is 10.1. The fourth-order valence-corrected chi connectivity index (χ4v) is 4.06. The van der Waals surface area contributed by atoms with Crippen molar-refractivity contribution in [2.45, 2.75) is 26.3 Å². The number of hydrogen-bond donors (Lipinski definition) is 0. The smallest absolute Gasteiger partial charge is 0.253 e. The second-order valence-corrected chi connectivity index (χ2v) is 7.79. The van der Waals surface area contributed by atoms with Crippen molar-refractivity contribution in [3.63, 3.8) is 0 Å². The van der Waals surface area contributed by atoms with Crippen LogP contribution < -0.4 is 4.90 Å². The molecule has 4 nitrogen and oxygen atoms in total. The molecule has 0 N–H and O–H groups in total. The van der Waals surface area contributed by atoms with E-state index in [0.29, 0.717) is 0 Å². The van der Waals surface area contributed by atoms with Gasteiger partial charge in [-0.1, -0.05) is 29.8 Å². The first-order chi connectivity index (χ1) is 13.2. The van der Waals surface area contributed by atoms with E-state index in [1.807, 2.05) is 17.0 Å². The average molecular weight is 364 g/mol. The van der Waals surface area contributed by atoms with Gasteiger partial charge in [-0.15, -0.1) is 0 Å². The van der Waals surface area contributed by atoms with E-state index in [4.69, 9.17) is 0 Å². The molecule has 0 atom stereocenters. The highest BCUT2D eigenvalue weighted by Crippen LogP contribution is 2.19. The number of carbonyl (C=O) groups is 1. The zero-order chi connectivity index (χ0) is 18.6. The van der Waals surface area contributed by atoms with Crippen LogP contribution in [0.4, 0.5) is 5.69 Å². The Bertz CT molecular complexity index is 755. The van der Waals surface area contributed by atoms with Crippen LogP contribution in [0, 0.1) is 6.92 Å². The van der Waals surface area contributed by atoms with Gasteiger partial charge in [-0.05, 0) is 62.7 Å². The van der Waals surface area contributed by atoms with Gasteiger partial charge in [-0.3, -0.25) is 9.69 Å². The van der Waals surface area contributed by atoms with Crippen molar-refractivity contribution in [1.29, 1.82) is 0 Å². The molecule has 0 unspecified atom stereocenters. The predicted octanol–water partition coefficient (Wildman–Crippen LogP) is 3.55. The van der Waals surface area contributed by atoms with Crippen LogP contribution in [0.3, 0.4) is 0 Å². The fourth-order valence-electron chi connectivity index (χ4n) is 4.06. The third-order valence-electron chi connectivity index (χ3n) is 5.77. The van der Waals surface area contributed by atoms with Gasteiger partial charge >= 0.3 is 0 Å². The number of nitrogens with zero attached hydrogens (tertiary/aromatic N) is 3. The predicted molar refractivity (Wildman–Crippen MR) is 110 cm³/mol. The van der Waals surface area contributed by atoms with Crippen LogP contribution >= 0.6 is 0 Å². The van der Waals surface area contributed by atoms with Gasteiger partial charge in [-0.25, -0.2) is 0 Å². The molecule has 2 saturated heterocycles. The number of piperazine rings is 1. The average Bonchev–Trinajstić information content (AvgIpc) is 3.22. The maximum atomic E-state index is 12.8. The molecule has 2 aromatic rings. The Balaban J connectivity index is 1.32. The summed E-state index contributed by atoms with van der Waals surface area (Å²) in [4.78, 5) is 19.7. The van der Waals surface area contributed by atoms with Crippen LogP contribution in [-0.2, 0) is 6.54 Å². The van der Waals surface area contributed by atoms with E-state index in [-0.39, 0.29) is 5.91 Å². The molecule has 4 rings (SSSR count). The molecule has 0 saturated carbocycles. The first-order valence-corrected chi connectivity index (χ1v) is 10.1. The quantitative estimate of drug-likeness (QED) is 0.831. The molecule has 2 fully saturated rings. The molecule has 0 spiro atoms. The van der Waals surface area contributed by atoms with Gasteiger partial charge in [0, 0.05) is 44.0 Å². The maximum Gasteiger partial charge on any atom is 0.253 e. The van der Waals surface area contributed by atoms with Crippen molar-refractivity contribution in [1.82, 2.24) is 9.80 Å². The summed E-state index contributed by atoms with van der Waals surface area (Å²) in [6, 6.07) is 16.9. The summed E-state index contributed by atoms with van der Waals surface area (Å²) in [5.41, 5.74) is 4.64. The lowest BCUT2D eigenvalue weighted by atomic mass is 10.1. The van der Waals surface area contributed by atoms with Gasteiger partial charge in [-0.2, -0.15) is 0 Å². The zero-order valence-electron chi connectivity index (χ0n) is 16.2. The fraction of sp³-hybridized carbons (Fsp3) is 0.435.